The predicted octanol–water partition coefficient (Wildman–Crippen LogP) is 1.72. The lowest BCUT2D eigenvalue weighted by atomic mass is 9.96. The minimum Gasteiger partial charge on any atom is -0.446 e. The maximum atomic E-state index is 12.1. The van der Waals surface area contributed by atoms with Crippen LogP contribution >= 0.6 is 11.8 Å². The average molecular weight is 305 g/mol. The fraction of sp³-hybridized carbons (Fsp3) is 0.667. The van der Waals surface area contributed by atoms with Gasteiger partial charge in [0.2, 0.25) is 5.09 Å². The van der Waals surface area contributed by atoms with Gasteiger partial charge in [0.25, 0.3) is 10.0 Å². The highest BCUT2D eigenvalue weighted by Crippen LogP contribution is 2.28. The predicted molar refractivity (Wildman–Crippen MR) is 74.5 cm³/mol. The van der Waals surface area contributed by atoms with E-state index in [9.17, 15) is 8.42 Å². The molecule has 0 radical (unpaired) electrons. The number of sulfonamides is 1. The van der Waals surface area contributed by atoms with Gasteiger partial charge in [0.05, 0.1) is 0 Å². The van der Waals surface area contributed by atoms with Gasteiger partial charge in [0, 0.05) is 11.3 Å². The summed E-state index contributed by atoms with van der Waals surface area (Å²) in [7, 11) is -3.62. The van der Waals surface area contributed by atoms with Gasteiger partial charge in [-0.2, -0.15) is 11.8 Å². The number of nitrogens with one attached hydrogen (secondary N) is 1. The van der Waals surface area contributed by atoms with Crippen molar-refractivity contribution in [3.05, 3.63) is 17.9 Å². The van der Waals surface area contributed by atoms with Crippen LogP contribution in [-0.2, 0) is 16.6 Å². The molecule has 1 aromatic heterocycles. The summed E-state index contributed by atoms with van der Waals surface area (Å²) in [6.45, 7) is -0.298. The molecule has 0 aliphatic heterocycles. The third-order valence-electron chi connectivity index (χ3n) is 3.34. The zero-order valence-corrected chi connectivity index (χ0v) is 12.5. The van der Waals surface area contributed by atoms with E-state index in [1.165, 1.54) is 12.1 Å². The van der Waals surface area contributed by atoms with Crippen LogP contribution in [0.5, 0.6) is 0 Å². The molecule has 0 bridgehead atoms. The van der Waals surface area contributed by atoms with Gasteiger partial charge < -0.3 is 9.52 Å². The summed E-state index contributed by atoms with van der Waals surface area (Å²) < 4.78 is 32.0. The number of aliphatic hydroxyl groups is 1. The molecule has 1 heterocycles. The molecule has 5 nitrogen and oxygen atoms in total. The molecule has 108 valence electrons. The van der Waals surface area contributed by atoms with Crippen LogP contribution in [0.4, 0.5) is 0 Å². The Morgan fingerprint density at radius 3 is 2.89 bits per heavy atom. The fourth-order valence-corrected chi connectivity index (χ4v) is 4.39. The number of hydrogen-bond acceptors (Lipinski definition) is 5. The van der Waals surface area contributed by atoms with Gasteiger partial charge in [-0.05, 0) is 37.7 Å². The summed E-state index contributed by atoms with van der Waals surface area (Å²) in [4.78, 5) is 0. The molecule has 0 saturated heterocycles. The number of thioether (sulfide) groups is 1. The highest BCUT2D eigenvalue weighted by molar-refractivity contribution is 7.99. The molecule has 2 atom stereocenters. The van der Waals surface area contributed by atoms with E-state index in [4.69, 9.17) is 9.52 Å². The van der Waals surface area contributed by atoms with E-state index in [1.54, 1.807) is 11.8 Å². The van der Waals surface area contributed by atoms with Crippen LogP contribution in [0.2, 0.25) is 0 Å². The molecule has 0 aromatic carbocycles. The van der Waals surface area contributed by atoms with Crippen LogP contribution in [0.15, 0.2) is 21.6 Å². The third kappa shape index (κ3) is 3.75. The summed E-state index contributed by atoms with van der Waals surface area (Å²) in [6, 6.07) is 2.82. The molecule has 7 heteroatoms. The Morgan fingerprint density at radius 1 is 1.47 bits per heavy atom. The highest BCUT2D eigenvalue weighted by atomic mass is 32.2. The summed E-state index contributed by atoms with van der Waals surface area (Å²) in [6.07, 6.45) is 5.97. The van der Waals surface area contributed by atoms with Crippen LogP contribution in [0.25, 0.3) is 0 Å². The number of aliphatic hydroxyl groups excluding tert-OH is 1. The smallest absolute Gasteiger partial charge is 0.274 e. The molecule has 1 aromatic rings. The minimum absolute atomic E-state index is 0.0288. The molecule has 1 saturated carbocycles. The Hall–Kier alpha value is -0.500. The van der Waals surface area contributed by atoms with Crippen molar-refractivity contribution in [2.75, 3.05) is 6.26 Å². The van der Waals surface area contributed by atoms with Gasteiger partial charge in [0.1, 0.15) is 12.4 Å². The molecule has 2 unspecified atom stereocenters. The molecule has 1 aliphatic carbocycles. The highest BCUT2D eigenvalue weighted by Gasteiger charge is 2.27. The maximum Gasteiger partial charge on any atom is 0.274 e. The van der Waals surface area contributed by atoms with Crippen molar-refractivity contribution in [1.82, 2.24) is 4.72 Å². The van der Waals surface area contributed by atoms with Crippen molar-refractivity contribution in [2.24, 2.45) is 0 Å². The first-order valence-corrected chi connectivity index (χ1v) is 9.07. The Morgan fingerprint density at radius 2 is 2.26 bits per heavy atom. The average Bonchev–Trinajstić information content (AvgIpc) is 2.88. The molecule has 19 heavy (non-hydrogen) atoms. The summed E-state index contributed by atoms with van der Waals surface area (Å²) in [5.74, 6) is 0.256. The van der Waals surface area contributed by atoms with Crippen molar-refractivity contribution in [3.8, 4) is 0 Å². The third-order valence-corrected chi connectivity index (χ3v) is 5.83. The first-order chi connectivity index (χ1) is 9.05. The molecule has 2 rings (SSSR count). The van der Waals surface area contributed by atoms with Gasteiger partial charge in [-0.1, -0.05) is 6.42 Å². The Labute approximate surface area is 117 Å². The zero-order chi connectivity index (χ0) is 13.9. The molecular formula is C12H19NO4S2. The fourth-order valence-electron chi connectivity index (χ4n) is 2.33. The molecule has 2 N–H and O–H groups in total. The second-order valence-electron chi connectivity index (χ2n) is 4.72. The van der Waals surface area contributed by atoms with Crippen molar-refractivity contribution in [1.29, 1.82) is 0 Å². The SMILES string of the molecule is CSC1CCCC(NS(=O)(=O)c2ccc(CO)o2)C1. The first-order valence-electron chi connectivity index (χ1n) is 6.30. The van der Waals surface area contributed by atoms with Crippen LogP contribution in [0.3, 0.4) is 0 Å². The lowest BCUT2D eigenvalue weighted by Crippen LogP contribution is -2.38. The Kier molecular flexibility index (Phi) is 4.94. The topological polar surface area (TPSA) is 79.5 Å². The second-order valence-corrected chi connectivity index (χ2v) is 7.50. The van der Waals surface area contributed by atoms with Gasteiger partial charge in [-0.15, -0.1) is 0 Å². The number of furan rings is 1. The van der Waals surface area contributed by atoms with Gasteiger partial charge in [0.15, 0.2) is 0 Å². The second kappa shape index (κ2) is 6.30. The standard InChI is InChI=1S/C12H19NO4S2/c1-18-11-4-2-3-9(7-11)13-19(15,16)12-6-5-10(8-14)17-12/h5-6,9,11,13-14H,2-4,7-8H2,1H3. The summed E-state index contributed by atoms with van der Waals surface area (Å²) in [5.41, 5.74) is 0. The van der Waals surface area contributed by atoms with Crippen molar-refractivity contribution in [2.45, 2.75) is 48.7 Å². The van der Waals surface area contributed by atoms with E-state index in [0.29, 0.717) is 5.25 Å². The summed E-state index contributed by atoms with van der Waals surface area (Å²) in [5, 5.41) is 9.29. The maximum absolute atomic E-state index is 12.1. The summed E-state index contributed by atoms with van der Waals surface area (Å²) >= 11 is 1.79. The van der Waals surface area contributed by atoms with E-state index >= 15 is 0 Å². The Balaban J connectivity index is 2.04. The largest absolute Gasteiger partial charge is 0.446 e. The molecule has 0 amide bonds. The Bertz CT molecular complexity index is 512. The lowest BCUT2D eigenvalue weighted by Gasteiger charge is -2.28. The van der Waals surface area contributed by atoms with Crippen LogP contribution in [0, 0.1) is 0 Å². The zero-order valence-electron chi connectivity index (χ0n) is 10.8. The van der Waals surface area contributed by atoms with Gasteiger partial charge in [-0.3, -0.25) is 0 Å². The van der Waals surface area contributed by atoms with E-state index < -0.39 is 10.0 Å². The van der Waals surface area contributed by atoms with Crippen molar-refractivity contribution < 1.29 is 17.9 Å². The van der Waals surface area contributed by atoms with Gasteiger partial charge >= 0.3 is 0 Å². The number of hydrogen-bond donors (Lipinski definition) is 2. The van der Waals surface area contributed by atoms with E-state index in [0.717, 1.165) is 25.7 Å². The number of rotatable bonds is 5. The first kappa shape index (κ1) is 14.9. The van der Waals surface area contributed by atoms with E-state index in [2.05, 4.69) is 11.0 Å². The molecular weight excluding hydrogens is 286 g/mol. The van der Waals surface area contributed by atoms with Crippen molar-refractivity contribution >= 4 is 21.8 Å². The quantitative estimate of drug-likeness (QED) is 0.866. The minimum atomic E-state index is -3.62. The van der Waals surface area contributed by atoms with Crippen LogP contribution in [0.1, 0.15) is 31.4 Å². The van der Waals surface area contributed by atoms with E-state index in [-0.39, 0.29) is 23.5 Å². The normalized spacial score (nSPS) is 24.5. The van der Waals surface area contributed by atoms with Crippen LogP contribution in [-0.4, -0.2) is 31.1 Å². The lowest BCUT2D eigenvalue weighted by molar-refractivity contribution is 0.236. The van der Waals surface area contributed by atoms with Gasteiger partial charge in [-0.25, -0.2) is 13.1 Å². The van der Waals surface area contributed by atoms with Crippen molar-refractivity contribution in [3.63, 3.8) is 0 Å². The monoisotopic (exact) mass is 305 g/mol. The van der Waals surface area contributed by atoms with E-state index in [1.807, 2.05) is 0 Å². The molecule has 1 aliphatic rings. The molecule has 0 spiro atoms. The van der Waals surface area contributed by atoms with Crippen LogP contribution < -0.4 is 4.72 Å². The molecule has 1 fully saturated rings.